The highest BCUT2D eigenvalue weighted by molar-refractivity contribution is 6.15. The lowest BCUT2D eigenvalue weighted by molar-refractivity contribution is 0.465. The van der Waals surface area contributed by atoms with E-state index in [-0.39, 0.29) is 5.41 Å². The van der Waals surface area contributed by atoms with Crippen LogP contribution in [0.2, 0.25) is 0 Å². The molecule has 0 radical (unpaired) electrons. The van der Waals surface area contributed by atoms with Crippen LogP contribution in [0.4, 0.5) is 0 Å². The summed E-state index contributed by atoms with van der Waals surface area (Å²) in [6.07, 6.45) is 1.92. The molecule has 1 aliphatic heterocycles. The van der Waals surface area contributed by atoms with Crippen LogP contribution in [-0.2, 0) is 5.41 Å². The van der Waals surface area contributed by atoms with E-state index in [1.54, 1.807) is 0 Å². The molecule has 0 bridgehead atoms. The highest BCUT2D eigenvalue weighted by atomic mass is 16.5. The van der Waals surface area contributed by atoms with Crippen molar-refractivity contribution in [2.24, 2.45) is 0 Å². The van der Waals surface area contributed by atoms with Crippen LogP contribution in [0, 0.1) is 0 Å². The molecule has 0 N–H and O–H groups in total. The van der Waals surface area contributed by atoms with Crippen molar-refractivity contribution >= 4 is 32.6 Å². The quantitative estimate of drug-likeness (QED) is 0.226. The molecule has 0 amide bonds. The van der Waals surface area contributed by atoms with Gasteiger partial charge in [-0.3, -0.25) is 4.57 Å². The molecule has 3 heterocycles. The third kappa shape index (κ3) is 2.58. The van der Waals surface area contributed by atoms with Gasteiger partial charge in [0.25, 0.3) is 0 Å². The summed E-state index contributed by atoms with van der Waals surface area (Å²) in [4.78, 5) is 10.1. The van der Waals surface area contributed by atoms with Crippen LogP contribution < -0.4 is 4.74 Å². The Hall–Kier alpha value is -4.96. The third-order valence-electron chi connectivity index (χ3n) is 8.68. The van der Waals surface area contributed by atoms with E-state index in [2.05, 4.69) is 103 Å². The summed E-state index contributed by atoms with van der Waals surface area (Å²) in [6.45, 7) is 4.63. The lowest BCUT2D eigenvalue weighted by Crippen LogP contribution is -2.14. The van der Waals surface area contributed by atoms with E-state index in [1.807, 2.05) is 18.3 Å². The minimum Gasteiger partial charge on any atom is -0.438 e. The lowest BCUT2D eigenvalue weighted by atomic mass is 9.82. The van der Waals surface area contributed by atoms with Crippen LogP contribution in [0.3, 0.4) is 0 Å². The van der Waals surface area contributed by atoms with Crippen LogP contribution in [0.15, 0.2) is 103 Å². The normalized spacial score (nSPS) is 14.3. The number of rotatable bonds is 1. The lowest BCUT2D eigenvalue weighted by Gasteiger charge is -2.21. The molecule has 184 valence electrons. The van der Waals surface area contributed by atoms with Crippen molar-refractivity contribution in [2.45, 2.75) is 19.3 Å². The molecular weight excluding hydrogens is 478 g/mol. The average Bonchev–Trinajstić information content (AvgIpc) is 3.42. The Labute approximate surface area is 225 Å². The summed E-state index contributed by atoms with van der Waals surface area (Å²) in [5, 5.41) is 4.65. The second kappa shape index (κ2) is 7.12. The molecule has 1 aliphatic carbocycles. The minimum atomic E-state index is -0.0936. The second-order valence-electron chi connectivity index (χ2n) is 11.1. The summed E-state index contributed by atoms with van der Waals surface area (Å²) < 4.78 is 8.66. The third-order valence-corrected chi connectivity index (χ3v) is 8.68. The van der Waals surface area contributed by atoms with E-state index in [0.29, 0.717) is 11.8 Å². The van der Waals surface area contributed by atoms with Gasteiger partial charge in [0, 0.05) is 38.9 Å². The van der Waals surface area contributed by atoms with Crippen molar-refractivity contribution in [3.05, 3.63) is 114 Å². The van der Waals surface area contributed by atoms with Gasteiger partial charge in [-0.15, -0.1) is 0 Å². The molecule has 4 nitrogen and oxygen atoms in total. The van der Waals surface area contributed by atoms with Gasteiger partial charge < -0.3 is 4.74 Å². The largest absolute Gasteiger partial charge is 0.438 e. The predicted molar refractivity (Wildman–Crippen MR) is 157 cm³/mol. The zero-order valence-corrected chi connectivity index (χ0v) is 21.6. The fraction of sp³-hybridized carbons (Fsp3) is 0.0857. The number of hydrogen-bond donors (Lipinski definition) is 0. The Morgan fingerprint density at radius 3 is 2.41 bits per heavy atom. The Kier molecular flexibility index (Phi) is 3.84. The highest BCUT2D eigenvalue weighted by Crippen LogP contribution is 2.53. The van der Waals surface area contributed by atoms with Crippen LogP contribution in [0.25, 0.3) is 60.8 Å². The Bertz CT molecular complexity index is 2180. The molecular formula is C35H23N3O. The number of para-hydroxylation sites is 1. The van der Waals surface area contributed by atoms with Crippen molar-refractivity contribution in [1.82, 2.24) is 14.5 Å². The van der Waals surface area contributed by atoms with Gasteiger partial charge in [-0.1, -0.05) is 98.8 Å². The minimum absolute atomic E-state index is 0.0936. The number of hydrogen-bond acceptors (Lipinski definition) is 3. The predicted octanol–water partition coefficient (Wildman–Crippen LogP) is 8.81. The van der Waals surface area contributed by atoms with Gasteiger partial charge in [-0.2, -0.15) is 4.98 Å². The van der Waals surface area contributed by atoms with E-state index < -0.39 is 0 Å². The first-order valence-corrected chi connectivity index (χ1v) is 13.4. The maximum Gasteiger partial charge on any atom is 0.238 e. The smallest absolute Gasteiger partial charge is 0.238 e. The summed E-state index contributed by atoms with van der Waals surface area (Å²) in [6, 6.07) is 34.4. The first kappa shape index (κ1) is 21.0. The maximum atomic E-state index is 6.43. The van der Waals surface area contributed by atoms with Crippen molar-refractivity contribution in [1.29, 1.82) is 0 Å². The molecule has 5 aromatic carbocycles. The van der Waals surface area contributed by atoms with Crippen LogP contribution in [0.1, 0.15) is 25.0 Å². The van der Waals surface area contributed by atoms with E-state index in [1.165, 1.54) is 33.0 Å². The van der Waals surface area contributed by atoms with E-state index >= 15 is 0 Å². The molecule has 0 fully saturated rings. The van der Waals surface area contributed by atoms with Gasteiger partial charge in [0.2, 0.25) is 11.8 Å². The van der Waals surface area contributed by atoms with E-state index in [0.717, 1.165) is 38.7 Å². The Balaban J connectivity index is 1.38. The zero-order valence-electron chi connectivity index (χ0n) is 21.6. The standard InChI is InChI=1S/C35H23N3O/c1-35(2)26-14-5-3-12-24(26)31-27(35)18-17-23-21-11-4-6-15-28(21)38(32(23)31)34-36-19-25-22-13-7-9-20-10-8-16-29(30(20)22)39-33(25)37-34/h3-19H,1-2H3. The van der Waals surface area contributed by atoms with Gasteiger partial charge in [0.15, 0.2) is 0 Å². The van der Waals surface area contributed by atoms with Crippen molar-refractivity contribution in [3.63, 3.8) is 0 Å². The maximum absolute atomic E-state index is 6.43. The highest BCUT2D eigenvalue weighted by Gasteiger charge is 2.37. The molecule has 9 rings (SSSR count). The van der Waals surface area contributed by atoms with Gasteiger partial charge in [-0.25, -0.2) is 4.98 Å². The number of fused-ring (bicyclic) bond motifs is 9. The van der Waals surface area contributed by atoms with Gasteiger partial charge in [0.05, 0.1) is 16.6 Å². The first-order chi connectivity index (χ1) is 19.1. The molecule has 2 aliphatic rings. The molecule has 7 aromatic rings. The fourth-order valence-electron chi connectivity index (χ4n) is 6.90. The van der Waals surface area contributed by atoms with Crippen molar-refractivity contribution < 1.29 is 4.74 Å². The topological polar surface area (TPSA) is 39.9 Å². The summed E-state index contributed by atoms with van der Waals surface area (Å²) in [5.41, 5.74) is 9.38. The first-order valence-electron chi connectivity index (χ1n) is 13.4. The monoisotopic (exact) mass is 501 g/mol. The molecule has 39 heavy (non-hydrogen) atoms. The number of nitrogens with zero attached hydrogens (tertiary/aromatic N) is 3. The molecule has 0 saturated heterocycles. The van der Waals surface area contributed by atoms with E-state index in [9.17, 15) is 0 Å². The molecule has 0 saturated carbocycles. The van der Waals surface area contributed by atoms with Gasteiger partial charge >= 0.3 is 0 Å². The fourth-order valence-corrected chi connectivity index (χ4v) is 6.90. The molecule has 4 heteroatoms. The second-order valence-corrected chi connectivity index (χ2v) is 11.1. The van der Waals surface area contributed by atoms with Gasteiger partial charge in [-0.05, 0) is 34.2 Å². The van der Waals surface area contributed by atoms with Crippen molar-refractivity contribution in [2.75, 3.05) is 0 Å². The number of aromatic nitrogens is 3. The van der Waals surface area contributed by atoms with E-state index in [4.69, 9.17) is 14.7 Å². The summed E-state index contributed by atoms with van der Waals surface area (Å²) in [7, 11) is 0. The van der Waals surface area contributed by atoms with Gasteiger partial charge in [0.1, 0.15) is 5.75 Å². The zero-order chi connectivity index (χ0) is 25.9. The molecule has 2 aromatic heterocycles. The number of ether oxygens (including phenoxy) is 1. The number of benzene rings is 5. The Morgan fingerprint density at radius 1 is 0.692 bits per heavy atom. The SMILES string of the molecule is CC1(C)c2ccccc2-c2c1ccc1c3ccccc3n(-c3ncc4c(n3)Oc3cccc5cccc-4c35)c21. The molecule has 0 unspecified atom stereocenters. The summed E-state index contributed by atoms with van der Waals surface area (Å²) in [5.74, 6) is 2.03. The van der Waals surface area contributed by atoms with Crippen LogP contribution in [-0.4, -0.2) is 14.5 Å². The average molecular weight is 502 g/mol. The molecule has 0 atom stereocenters. The summed E-state index contributed by atoms with van der Waals surface area (Å²) >= 11 is 0. The molecule has 0 spiro atoms. The van der Waals surface area contributed by atoms with Crippen LogP contribution >= 0.6 is 0 Å². The van der Waals surface area contributed by atoms with Crippen LogP contribution in [0.5, 0.6) is 11.6 Å². The Morgan fingerprint density at radius 2 is 1.49 bits per heavy atom. The van der Waals surface area contributed by atoms with Crippen molar-refractivity contribution in [3.8, 4) is 39.8 Å².